The van der Waals surface area contributed by atoms with E-state index in [1.807, 2.05) is 0 Å². The Morgan fingerprint density at radius 3 is 1.51 bits per heavy atom. The number of ether oxygens (including phenoxy) is 1. The van der Waals surface area contributed by atoms with Crippen LogP contribution in [0, 0.1) is 0 Å². The molecule has 1 unspecified atom stereocenters. The molecule has 10 aromatic carbocycles. The summed E-state index contributed by atoms with van der Waals surface area (Å²) in [6, 6.07) is 85.1. The molecule has 10 aromatic rings. The van der Waals surface area contributed by atoms with E-state index in [9.17, 15) is 0 Å². The molecule has 0 fully saturated rings. The molecule has 13 rings (SSSR count). The van der Waals surface area contributed by atoms with Crippen molar-refractivity contribution in [3.8, 4) is 56.0 Å². The molecular weight excluding hydrogens is 737 g/mol. The topological polar surface area (TPSA) is 9.23 Å². The fraction of sp³-hybridized carbons (Fsp3) is 0.0333. The first kappa shape index (κ1) is 34.2. The number of hydrogen-bond donors (Lipinski definition) is 0. The molecule has 1 aliphatic heterocycles. The van der Waals surface area contributed by atoms with Crippen LogP contribution in [0.2, 0.25) is 0 Å². The molecule has 61 heavy (non-hydrogen) atoms. The second-order valence-electron chi connectivity index (χ2n) is 16.7. The summed E-state index contributed by atoms with van der Waals surface area (Å²) in [5, 5.41) is 2.58. The molecule has 3 aliphatic rings. The third-order valence-corrected chi connectivity index (χ3v) is 13.8. The Labute approximate surface area is 355 Å². The largest absolute Gasteiger partial charge is 0.457 e. The van der Waals surface area contributed by atoms with Gasteiger partial charge in [0.25, 0.3) is 0 Å². The minimum Gasteiger partial charge on any atom is -0.457 e. The van der Waals surface area contributed by atoms with Gasteiger partial charge in [-0.2, -0.15) is 0 Å². The van der Waals surface area contributed by atoms with Crippen molar-refractivity contribution in [3.05, 3.63) is 275 Å². The van der Waals surface area contributed by atoms with Crippen LogP contribution in [-0.4, -0.2) is 0 Å². The van der Waals surface area contributed by atoms with Gasteiger partial charge in [0.05, 0.1) is 10.8 Å². The fourth-order valence-corrected chi connectivity index (χ4v) is 11.3. The number of para-hydroxylation sites is 1. The zero-order valence-electron chi connectivity index (χ0n) is 33.3. The summed E-state index contributed by atoms with van der Waals surface area (Å²) in [6.07, 6.45) is 0. The molecule has 0 radical (unpaired) electrons. The standard InChI is InChI=1S/C60H38O/c1-3-16-44(17-4-1)59(45-18-5-2-6-19-45)52-25-13-14-26-56(52)61-57-36-33-43(38-55(57)59)40-29-27-39(28-30-40)42-31-34-48-47-21-9-11-23-50(47)60(54(48)37-42)51-24-12-10-22-49(51)58-46-20-8-7-15-41(46)32-35-53(58)60/h1-38H. The minimum absolute atomic E-state index is 0.411. The maximum Gasteiger partial charge on any atom is 0.132 e. The molecule has 0 amide bonds. The van der Waals surface area contributed by atoms with E-state index in [0.29, 0.717) is 0 Å². The van der Waals surface area contributed by atoms with Crippen LogP contribution in [0.3, 0.4) is 0 Å². The Hall–Kier alpha value is -7.74. The molecular formula is C60H38O. The normalized spacial score (nSPS) is 15.9. The highest BCUT2D eigenvalue weighted by Gasteiger charge is 2.52. The molecule has 0 saturated carbocycles. The first-order valence-corrected chi connectivity index (χ1v) is 21.2. The van der Waals surface area contributed by atoms with Crippen LogP contribution in [0.25, 0.3) is 55.3 Å². The molecule has 0 saturated heterocycles. The second-order valence-corrected chi connectivity index (χ2v) is 16.7. The van der Waals surface area contributed by atoms with Gasteiger partial charge in [0.15, 0.2) is 0 Å². The average molecular weight is 775 g/mol. The van der Waals surface area contributed by atoms with E-state index in [-0.39, 0.29) is 0 Å². The first-order chi connectivity index (χ1) is 30.2. The Kier molecular flexibility index (Phi) is 7.21. The maximum atomic E-state index is 6.71. The first-order valence-electron chi connectivity index (χ1n) is 21.2. The molecule has 284 valence electrons. The Morgan fingerprint density at radius 2 is 0.787 bits per heavy atom. The quantitative estimate of drug-likeness (QED) is 0.173. The SMILES string of the molecule is c1ccc(C2(c3ccccc3)c3ccccc3Oc3ccc(-c4ccc(-c5ccc6c(c5)C5(c7ccccc7-6)c6ccccc6-c6c5ccc5ccccc65)cc4)cc32)cc1. The van der Waals surface area contributed by atoms with Crippen molar-refractivity contribution in [3.63, 3.8) is 0 Å². The molecule has 0 N–H and O–H groups in total. The van der Waals surface area contributed by atoms with Crippen molar-refractivity contribution >= 4 is 10.8 Å². The van der Waals surface area contributed by atoms with Crippen LogP contribution in [0.5, 0.6) is 11.5 Å². The van der Waals surface area contributed by atoms with Crippen LogP contribution in [-0.2, 0) is 10.8 Å². The van der Waals surface area contributed by atoms with Gasteiger partial charge in [-0.15, -0.1) is 0 Å². The maximum absolute atomic E-state index is 6.71. The summed E-state index contributed by atoms with van der Waals surface area (Å²) in [6.45, 7) is 0. The smallest absolute Gasteiger partial charge is 0.132 e. The van der Waals surface area contributed by atoms with Crippen molar-refractivity contribution in [2.75, 3.05) is 0 Å². The van der Waals surface area contributed by atoms with Crippen LogP contribution in [0.15, 0.2) is 231 Å². The monoisotopic (exact) mass is 774 g/mol. The summed E-state index contributed by atoms with van der Waals surface area (Å²) in [4.78, 5) is 0. The van der Waals surface area contributed by atoms with E-state index in [1.165, 1.54) is 77.5 Å². The Balaban J connectivity index is 0.956. The predicted molar refractivity (Wildman–Crippen MR) is 250 cm³/mol. The average Bonchev–Trinajstić information content (AvgIpc) is 3.81. The van der Waals surface area contributed by atoms with Gasteiger partial charge >= 0.3 is 0 Å². The van der Waals surface area contributed by atoms with Gasteiger partial charge in [0, 0.05) is 11.1 Å². The fourth-order valence-electron chi connectivity index (χ4n) is 11.3. The van der Waals surface area contributed by atoms with Gasteiger partial charge in [0.2, 0.25) is 0 Å². The van der Waals surface area contributed by atoms with Gasteiger partial charge < -0.3 is 4.74 Å². The van der Waals surface area contributed by atoms with E-state index in [0.717, 1.165) is 33.8 Å². The highest BCUT2D eigenvalue weighted by Crippen LogP contribution is 2.64. The number of rotatable bonds is 4. The Morgan fingerprint density at radius 1 is 0.279 bits per heavy atom. The summed E-state index contributed by atoms with van der Waals surface area (Å²) >= 11 is 0. The third-order valence-electron chi connectivity index (χ3n) is 13.8. The molecule has 0 aromatic heterocycles. The lowest BCUT2D eigenvalue weighted by Gasteiger charge is -2.41. The zero-order chi connectivity index (χ0) is 40.1. The molecule has 1 heteroatoms. The third kappa shape index (κ3) is 4.61. The highest BCUT2D eigenvalue weighted by atomic mass is 16.5. The van der Waals surface area contributed by atoms with Crippen molar-refractivity contribution < 1.29 is 4.74 Å². The van der Waals surface area contributed by atoms with E-state index >= 15 is 0 Å². The molecule has 0 bridgehead atoms. The van der Waals surface area contributed by atoms with E-state index in [1.54, 1.807) is 0 Å². The van der Waals surface area contributed by atoms with Crippen molar-refractivity contribution in [1.29, 1.82) is 0 Å². The van der Waals surface area contributed by atoms with E-state index in [4.69, 9.17) is 4.74 Å². The molecule has 1 heterocycles. The van der Waals surface area contributed by atoms with Crippen LogP contribution in [0.1, 0.15) is 44.5 Å². The molecule has 1 atom stereocenters. The lowest BCUT2D eigenvalue weighted by atomic mass is 9.63. The summed E-state index contributed by atoms with van der Waals surface area (Å²) in [7, 11) is 0. The van der Waals surface area contributed by atoms with Gasteiger partial charge in [-0.25, -0.2) is 0 Å². The van der Waals surface area contributed by atoms with Crippen LogP contribution in [0.4, 0.5) is 0 Å². The number of fused-ring (bicyclic) bond motifs is 14. The van der Waals surface area contributed by atoms with E-state index < -0.39 is 10.8 Å². The van der Waals surface area contributed by atoms with Gasteiger partial charge in [-0.05, 0) is 113 Å². The predicted octanol–water partition coefficient (Wildman–Crippen LogP) is 15.0. The lowest BCUT2D eigenvalue weighted by Crippen LogP contribution is -2.34. The summed E-state index contributed by atoms with van der Waals surface area (Å²) in [5.74, 6) is 1.76. The number of hydrogen-bond acceptors (Lipinski definition) is 1. The summed E-state index contributed by atoms with van der Waals surface area (Å²) in [5.41, 5.74) is 19.2. The van der Waals surface area contributed by atoms with Gasteiger partial charge in [-0.3, -0.25) is 0 Å². The van der Waals surface area contributed by atoms with Crippen molar-refractivity contribution in [2.24, 2.45) is 0 Å². The van der Waals surface area contributed by atoms with Crippen LogP contribution < -0.4 is 4.74 Å². The molecule has 1 spiro atoms. The van der Waals surface area contributed by atoms with E-state index in [2.05, 4.69) is 231 Å². The van der Waals surface area contributed by atoms with Gasteiger partial charge in [0.1, 0.15) is 11.5 Å². The van der Waals surface area contributed by atoms with Crippen molar-refractivity contribution in [2.45, 2.75) is 10.8 Å². The summed E-state index contributed by atoms with van der Waals surface area (Å²) < 4.78 is 6.71. The van der Waals surface area contributed by atoms with Crippen molar-refractivity contribution in [1.82, 2.24) is 0 Å². The number of benzene rings is 10. The molecule has 1 nitrogen and oxygen atoms in total. The molecule has 2 aliphatic carbocycles. The highest BCUT2D eigenvalue weighted by molar-refractivity contribution is 6.06. The zero-order valence-corrected chi connectivity index (χ0v) is 33.3. The van der Waals surface area contributed by atoms with Crippen LogP contribution >= 0.6 is 0 Å². The minimum atomic E-state index is -0.565. The lowest BCUT2D eigenvalue weighted by molar-refractivity contribution is 0.434. The van der Waals surface area contributed by atoms with Gasteiger partial charge in [-0.1, -0.05) is 206 Å². The second kappa shape index (κ2) is 12.9. The Bertz CT molecular complexity index is 3340.